The summed E-state index contributed by atoms with van der Waals surface area (Å²) in [5.41, 5.74) is 1.32. The second-order valence-electron chi connectivity index (χ2n) is 5.52. The Morgan fingerprint density at radius 3 is 2.58 bits per heavy atom. The zero-order valence-electron chi connectivity index (χ0n) is 11.8. The third-order valence-corrected chi connectivity index (χ3v) is 3.31. The molecule has 3 nitrogen and oxygen atoms in total. The molecule has 3 heteroatoms. The summed E-state index contributed by atoms with van der Waals surface area (Å²) in [6.07, 6.45) is 3.61. The molecule has 1 saturated carbocycles. The fraction of sp³-hybridized carbons (Fsp3) is 0.562. The Bertz CT molecular complexity index is 407. The number of ether oxygens (including phenoxy) is 1. The summed E-state index contributed by atoms with van der Waals surface area (Å²) in [5.74, 6) is 1.58. The van der Waals surface area contributed by atoms with E-state index in [-0.39, 0.29) is 5.91 Å². The largest absolute Gasteiger partial charge is 0.494 e. The first-order chi connectivity index (χ1) is 9.15. The molecule has 0 saturated heterocycles. The van der Waals surface area contributed by atoms with Crippen molar-refractivity contribution >= 4 is 5.91 Å². The van der Waals surface area contributed by atoms with Gasteiger partial charge in [-0.3, -0.25) is 4.79 Å². The SMILES string of the molecule is CC(C)c1ccc(OCCCC(=O)NC2CC2)cc1. The molecule has 1 aliphatic carbocycles. The molecular formula is C16H23NO2. The van der Waals surface area contributed by atoms with E-state index in [9.17, 15) is 4.79 Å². The first-order valence-corrected chi connectivity index (χ1v) is 7.17. The molecule has 0 aromatic heterocycles. The van der Waals surface area contributed by atoms with Crippen LogP contribution in [0.3, 0.4) is 0 Å². The van der Waals surface area contributed by atoms with E-state index in [0.29, 0.717) is 25.0 Å². The molecule has 1 aromatic rings. The van der Waals surface area contributed by atoms with Gasteiger partial charge in [0, 0.05) is 12.5 Å². The van der Waals surface area contributed by atoms with Crippen LogP contribution in [0.5, 0.6) is 5.75 Å². The van der Waals surface area contributed by atoms with Crippen molar-refractivity contribution in [2.24, 2.45) is 0 Å². The molecule has 19 heavy (non-hydrogen) atoms. The Kier molecular flexibility index (Phi) is 4.83. The van der Waals surface area contributed by atoms with Gasteiger partial charge in [-0.1, -0.05) is 26.0 Å². The number of carbonyl (C=O) groups excluding carboxylic acids is 1. The van der Waals surface area contributed by atoms with Crippen LogP contribution in [0.2, 0.25) is 0 Å². The normalized spacial score (nSPS) is 14.5. The highest BCUT2D eigenvalue weighted by Crippen LogP contribution is 2.19. The summed E-state index contributed by atoms with van der Waals surface area (Å²) in [4.78, 5) is 11.5. The Morgan fingerprint density at radius 2 is 2.00 bits per heavy atom. The zero-order valence-corrected chi connectivity index (χ0v) is 11.8. The average Bonchev–Trinajstić information content (AvgIpc) is 3.19. The van der Waals surface area contributed by atoms with Crippen molar-refractivity contribution in [1.29, 1.82) is 0 Å². The number of benzene rings is 1. The summed E-state index contributed by atoms with van der Waals surface area (Å²) in [7, 11) is 0. The van der Waals surface area contributed by atoms with Crippen molar-refractivity contribution in [3.63, 3.8) is 0 Å². The maximum atomic E-state index is 11.5. The monoisotopic (exact) mass is 261 g/mol. The van der Waals surface area contributed by atoms with Gasteiger partial charge in [-0.15, -0.1) is 0 Å². The van der Waals surface area contributed by atoms with Crippen LogP contribution in [0.1, 0.15) is 51.0 Å². The van der Waals surface area contributed by atoms with Crippen LogP contribution in [0.25, 0.3) is 0 Å². The van der Waals surface area contributed by atoms with Gasteiger partial charge in [-0.25, -0.2) is 0 Å². The Balaban J connectivity index is 1.63. The molecule has 1 aliphatic rings. The first-order valence-electron chi connectivity index (χ1n) is 7.17. The summed E-state index contributed by atoms with van der Waals surface area (Å²) in [6.45, 7) is 4.95. The van der Waals surface area contributed by atoms with E-state index in [1.54, 1.807) is 0 Å². The molecular weight excluding hydrogens is 238 g/mol. The summed E-state index contributed by atoms with van der Waals surface area (Å²) < 4.78 is 5.63. The van der Waals surface area contributed by atoms with E-state index in [4.69, 9.17) is 4.74 Å². The van der Waals surface area contributed by atoms with Crippen molar-refractivity contribution < 1.29 is 9.53 Å². The number of hydrogen-bond acceptors (Lipinski definition) is 2. The van der Waals surface area contributed by atoms with Crippen LogP contribution in [-0.2, 0) is 4.79 Å². The second-order valence-corrected chi connectivity index (χ2v) is 5.52. The van der Waals surface area contributed by atoms with Crippen LogP contribution >= 0.6 is 0 Å². The highest BCUT2D eigenvalue weighted by Gasteiger charge is 2.22. The van der Waals surface area contributed by atoms with Gasteiger partial charge in [0.15, 0.2) is 0 Å². The molecule has 104 valence electrons. The van der Waals surface area contributed by atoms with Gasteiger partial charge in [0.25, 0.3) is 0 Å². The maximum Gasteiger partial charge on any atom is 0.220 e. The fourth-order valence-electron chi connectivity index (χ4n) is 1.90. The smallest absolute Gasteiger partial charge is 0.220 e. The van der Waals surface area contributed by atoms with Crippen molar-refractivity contribution in [1.82, 2.24) is 5.32 Å². The van der Waals surface area contributed by atoms with Crippen LogP contribution in [0, 0.1) is 0 Å². The van der Waals surface area contributed by atoms with Gasteiger partial charge in [0.1, 0.15) is 5.75 Å². The summed E-state index contributed by atoms with van der Waals surface area (Å²) in [6, 6.07) is 8.65. The Morgan fingerprint density at radius 1 is 1.32 bits per heavy atom. The molecule has 0 radical (unpaired) electrons. The van der Waals surface area contributed by atoms with Gasteiger partial charge in [0.2, 0.25) is 5.91 Å². The molecule has 2 rings (SSSR count). The quantitative estimate of drug-likeness (QED) is 0.765. The predicted molar refractivity (Wildman–Crippen MR) is 76.4 cm³/mol. The number of hydrogen-bond donors (Lipinski definition) is 1. The van der Waals surface area contributed by atoms with E-state index < -0.39 is 0 Å². The third kappa shape index (κ3) is 4.93. The molecule has 1 aromatic carbocycles. The van der Waals surface area contributed by atoms with Gasteiger partial charge >= 0.3 is 0 Å². The van der Waals surface area contributed by atoms with Crippen molar-refractivity contribution in [2.75, 3.05) is 6.61 Å². The van der Waals surface area contributed by atoms with E-state index in [1.807, 2.05) is 12.1 Å². The number of carbonyl (C=O) groups is 1. The highest BCUT2D eigenvalue weighted by molar-refractivity contribution is 5.76. The lowest BCUT2D eigenvalue weighted by Crippen LogP contribution is -2.25. The molecule has 1 fully saturated rings. The average molecular weight is 261 g/mol. The number of amides is 1. The fourth-order valence-corrected chi connectivity index (χ4v) is 1.90. The van der Waals surface area contributed by atoms with Gasteiger partial charge in [0.05, 0.1) is 6.61 Å². The van der Waals surface area contributed by atoms with E-state index in [2.05, 4.69) is 31.3 Å². The Labute approximate surface area is 115 Å². The Hall–Kier alpha value is -1.51. The topological polar surface area (TPSA) is 38.3 Å². The minimum absolute atomic E-state index is 0.154. The summed E-state index contributed by atoms with van der Waals surface area (Å²) >= 11 is 0. The highest BCUT2D eigenvalue weighted by atomic mass is 16.5. The lowest BCUT2D eigenvalue weighted by molar-refractivity contribution is -0.121. The lowest BCUT2D eigenvalue weighted by Gasteiger charge is -2.09. The second kappa shape index (κ2) is 6.60. The van der Waals surface area contributed by atoms with Crippen LogP contribution in [-0.4, -0.2) is 18.6 Å². The number of rotatable bonds is 7. The van der Waals surface area contributed by atoms with E-state index in [1.165, 1.54) is 5.56 Å². The first kappa shape index (κ1) is 13.9. The zero-order chi connectivity index (χ0) is 13.7. The van der Waals surface area contributed by atoms with Gasteiger partial charge in [-0.2, -0.15) is 0 Å². The molecule has 1 amide bonds. The van der Waals surface area contributed by atoms with Crippen molar-refractivity contribution in [3.05, 3.63) is 29.8 Å². The molecule has 0 heterocycles. The molecule has 1 N–H and O–H groups in total. The molecule has 0 bridgehead atoms. The standard InChI is InChI=1S/C16H23NO2/c1-12(2)13-5-9-15(10-6-13)19-11-3-4-16(18)17-14-7-8-14/h5-6,9-10,12,14H,3-4,7-8,11H2,1-2H3,(H,17,18). The molecule has 0 unspecified atom stereocenters. The van der Waals surface area contributed by atoms with Crippen LogP contribution in [0.15, 0.2) is 24.3 Å². The van der Waals surface area contributed by atoms with Gasteiger partial charge < -0.3 is 10.1 Å². The molecule has 0 atom stereocenters. The minimum atomic E-state index is 0.154. The minimum Gasteiger partial charge on any atom is -0.494 e. The van der Waals surface area contributed by atoms with Crippen molar-refractivity contribution in [3.8, 4) is 5.75 Å². The maximum absolute atomic E-state index is 11.5. The third-order valence-electron chi connectivity index (χ3n) is 3.31. The number of nitrogens with one attached hydrogen (secondary N) is 1. The molecule has 0 aliphatic heterocycles. The van der Waals surface area contributed by atoms with Crippen LogP contribution in [0.4, 0.5) is 0 Å². The molecule has 0 spiro atoms. The summed E-state index contributed by atoms with van der Waals surface area (Å²) in [5, 5.41) is 2.98. The van der Waals surface area contributed by atoms with Crippen molar-refractivity contribution in [2.45, 2.75) is 51.5 Å². The van der Waals surface area contributed by atoms with E-state index in [0.717, 1.165) is 25.0 Å². The van der Waals surface area contributed by atoms with E-state index >= 15 is 0 Å². The van der Waals surface area contributed by atoms with Gasteiger partial charge in [-0.05, 0) is 42.9 Å². The predicted octanol–water partition coefficient (Wildman–Crippen LogP) is 3.25. The lowest BCUT2D eigenvalue weighted by atomic mass is 10.0. The van der Waals surface area contributed by atoms with Crippen LogP contribution < -0.4 is 10.1 Å².